The summed E-state index contributed by atoms with van der Waals surface area (Å²) in [5.74, 6) is -2.56. The van der Waals surface area contributed by atoms with Gasteiger partial charge in [-0.25, -0.2) is 0 Å². The largest absolute Gasteiger partial charge is 0.490 e. The maximum absolute atomic E-state index is 14.6. The second-order valence-electron chi connectivity index (χ2n) is 12.9. The van der Waals surface area contributed by atoms with Crippen molar-refractivity contribution in [3.63, 3.8) is 0 Å². The molecule has 8 nitrogen and oxygen atoms in total. The van der Waals surface area contributed by atoms with Crippen LogP contribution in [0.15, 0.2) is 121 Å². The number of methoxy groups -OCH3 is 1. The molecule has 0 unspecified atom stereocenters. The predicted octanol–water partition coefficient (Wildman–Crippen LogP) is 7.03. The Labute approximate surface area is 298 Å². The Balaban J connectivity index is 1.47. The van der Waals surface area contributed by atoms with Crippen molar-refractivity contribution in [2.45, 2.75) is 49.9 Å². The fourth-order valence-electron chi connectivity index (χ4n) is 7.28. The first-order valence-electron chi connectivity index (χ1n) is 16.8. The molecule has 11 heteroatoms. The van der Waals surface area contributed by atoms with Gasteiger partial charge in [0.25, 0.3) is 0 Å². The highest BCUT2D eigenvalue weighted by Crippen LogP contribution is 2.56. The van der Waals surface area contributed by atoms with Crippen LogP contribution in [0.1, 0.15) is 40.4 Å². The molecule has 52 heavy (non-hydrogen) atoms. The lowest BCUT2D eigenvalue weighted by molar-refractivity contribution is -0.190. The summed E-state index contributed by atoms with van der Waals surface area (Å²) in [6.45, 7) is 0.0840. The highest BCUT2D eigenvalue weighted by Gasteiger charge is 2.58. The summed E-state index contributed by atoms with van der Waals surface area (Å²) in [6.07, 6.45) is -0.600. The SMILES string of the molecule is COc1c(OCc2ccccc2)cc2c(c1OCc1ccccc1)C1(C=CC(=O)C=C1)CCN1C(=O)[C@H](Cc3ccccc3)N(C(=O)C(F)(F)F)[C@@H]21. The number of carbonyl (C=O) groups excluding carboxylic acids is 3. The minimum absolute atomic E-state index is 0.0331. The van der Waals surface area contributed by atoms with Crippen LogP contribution in [-0.4, -0.2) is 53.3 Å². The van der Waals surface area contributed by atoms with Crippen LogP contribution < -0.4 is 14.2 Å². The number of fused-ring (bicyclic) bond motifs is 4. The van der Waals surface area contributed by atoms with Gasteiger partial charge in [0, 0.05) is 29.5 Å². The molecule has 3 aliphatic rings. The maximum Gasteiger partial charge on any atom is 0.471 e. The minimum atomic E-state index is -5.29. The van der Waals surface area contributed by atoms with Crippen LogP contribution in [0.25, 0.3) is 0 Å². The number of carbonyl (C=O) groups is 3. The fourth-order valence-corrected chi connectivity index (χ4v) is 7.28. The molecule has 2 amide bonds. The summed E-state index contributed by atoms with van der Waals surface area (Å²) in [5.41, 5.74) is 1.64. The molecule has 2 aliphatic heterocycles. The Morgan fingerprint density at radius 1 is 0.808 bits per heavy atom. The number of allylic oxidation sites excluding steroid dienone is 4. The Bertz CT molecular complexity index is 2020. The number of hydrogen-bond donors (Lipinski definition) is 0. The number of halogens is 3. The van der Waals surface area contributed by atoms with Crippen molar-refractivity contribution in [3.8, 4) is 17.2 Å². The zero-order valence-corrected chi connectivity index (χ0v) is 28.2. The molecule has 0 bridgehead atoms. The molecule has 266 valence electrons. The second kappa shape index (κ2) is 14.1. The van der Waals surface area contributed by atoms with Crippen LogP contribution in [-0.2, 0) is 39.4 Å². The topological polar surface area (TPSA) is 85.4 Å². The zero-order valence-electron chi connectivity index (χ0n) is 28.2. The summed E-state index contributed by atoms with van der Waals surface area (Å²) >= 11 is 0. The lowest BCUT2D eigenvalue weighted by Gasteiger charge is -2.35. The number of rotatable bonds is 9. The second-order valence-corrected chi connectivity index (χ2v) is 12.9. The summed E-state index contributed by atoms with van der Waals surface area (Å²) in [4.78, 5) is 42.4. The average molecular weight is 709 g/mol. The van der Waals surface area contributed by atoms with Gasteiger partial charge in [-0.1, -0.05) is 103 Å². The summed E-state index contributed by atoms with van der Waals surface area (Å²) < 4.78 is 62.7. The van der Waals surface area contributed by atoms with Crippen molar-refractivity contribution in [3.05, 3.63) is 149 Å². The smallest absolute Gasteiger partial charge is 0.471 e. The Hall–Kier alpha value is -5.84. The average Bonchev–Trinajstić information content (AvgIpc) is 3.34. The van der Waals surface area contributed by atoms with E-state index >= 15 is 0 Å². The molecule has 2 atom stereocenters. The van der Waals surface area contributed by atoms with Gasteiger partial charge < -0.3 is 19.1 Å². The molecule has 1 aliphatic carbocycles. The summed E-state index contributed by atoms with van der Waals surface area (Å²) in [6, 6.07) is 27.3. The number of benzene rings is 4. The van der Waals surface area contributed by atoms with Gasteiger partial charge in [-0.3, -0.25) is 19.3 Å². The molecule has 0 radical (unpaired) electrons. The number of amides is 2. The molecule has 2 heterocycles. The molecule has 0 saturated carbocycles. The molecule has 7 rings (SSSR count). The van der Waals surface area contributed by atoms with E-state index in [1.165, 1.54) is 24.2 Å². The van der Waals surface area contributed by atoms with E-state index in [9.17, 15) is 27.6 Å². The van der Waals surface area contributed by atoms with Gasteiger partial charge in [-0.15, -0.1) is 0 Å². The Morgan fingerprint density at radius 3 is 1.92 bits per heavy atom. The monoisotopic (exact) mass is 708 g/mol. The predicted molar refractivity (Wildman–Crippen MR) is 185 cm³/mol. The van der Waals surface area contributed by atoms with Crippen LogP contribution in [0, 0.1) is 0 Å². The molecule has 0 N–H and O–H groups in total. The molecule has 4 aromatic rings. The Morgan fingerprint density at radius 2 is 1.37 bits per heavy atom. The van der Waals surface area contributed by atoms with Gasteiger partial charge in [0.05, 0.1) is 7.11 Å². The zero-order chi connectivity index (χ0) is 36.5. The van der Waals surface area contributed by atoms with E-state index in [0.717, 1.165) is 11.1 Å². The van der Waals surface area contributed by atoms with Gasteiger partial charge in [0.15, 0.2) is 17.3 Å². The normalized spacial score (nSPS) is 18.9. The molecule has 4 aromatic carbocycles. The van der Waals surface area contributed by atoms with Crippen molar-refractivity contribution in [1.82, 2.24) is 9.80 Å². The third-order valence-corrected chi connectivity index (χ3v) is 9.71. The number of nitrogens with zero attached hydrogens (tertiary/aromatic N) is 2. The third kappa shape index (κ3) is 6.54. The van der Waals surface area contributed by atoms with Crippen molar-refractivity contribution in [2.24, 2.45) is 0 Å². The van der Waals surface area contributed by atoms with E-state index in [0.29, 0.717) is 16.0 Å². The number of ether oxygens (including phenoxy) is 3. The van der Waals surface area contributed by atoms with E-state index < -0.39 is 35.6 Å². The quantitative estimate of drug-likeness (QED) is 0.186. The van der Waals surface area contributed by atoms with Crippen molar-refractivity contribution >= 4 is 17.6 Å². The van der Waals surface area contributed by atoms with Crippen LogP contribution in [0.3, 0.4) is 0 Å². The first kappa shape index (κ1) is 34.6. The number of ketones is 1. The molecule has 1 fully saturated rings. The van der Waals surface area contributed by atoms with Gasteiger partial charge >= 0.3 is 12.1 Å². The first-order chi connectivity index (χ1) is 25.1. The van der Waals surface area contributed by atoms with E-state index in [1.54, 1.807) is 48.6 Å². The van der Waals surface area contributed by atoms with E-state index in [-0.39, 0.29) is 61.2 Å². The summed E-state index contributed by atoms with van der Waals surface area (Å²) in [5, 5.41) is 0. The molecule has 0 aromatic heterocycles. The standard InChI is InChI=1S/C41H35F3N2O6/c1-50-35-33(51-25-28-13-7-3-8-14-28)24-31-34(36(35)52-26-29-15-9-4-10-16-29)40(19-17-30(47)18-20-40)21-22-45-37(31)46(39(49)41(42,43)44)32(38(45)48)23-27-11-5-2-6-12-27/h2-20,24,32,37H,21-23,25-26H2,1H3/t32-,37-/m0/s1. The van der Waals surface area contributed by atoms with Gasteiger partial charge in [-0.2, -0.15) is 13.2 Å². The highest BCUT2D eigenvalue weighted by molar-refractivity contribution is 6.01. The van der Waals surface area contributed by atoms with Crippen molar-refractivity contribution in [1.29, 1.82) is 0 Å². The molecular weight excluding hydrogens is 673 g/mol. The highest BCUT2D eigenvalue weighted by atomic mass is 19.4. The summed E-state index contributed by atoms with van der Waals surface area (Å²) in [7, 11) is 1.44. The molecule has 1 spiro atoms. The van der Waals surface area contributed by atoms with E-state index in [4.69, 9.17) is 14.2 Å². The fraction of sp³-hybridized carbons (Fsp3) is 0.244. The first-order valence-corrected chi connectivity index (χ1v) is 16.8. The van der Waals surface area contributed by atoms with E-state index in [2.05, 4.69) is 0 Å². The van der Waals surface area contributed by atoms with E-state index in [1.807, 2.05) is 60.7 Å². The number of hydrogen-bond acceptors (Lipinski definition) is 6. The minimum Gasteiger partial charge on any atom is -0.490 e. The van der Waals surface area contributed by atoms with Crippen molar-refractivity contribution < 1.29 is 41.8 Å². The van der Waals surface area contributed by atoms with Crippen LogP contribution in [0.5, 0.6) is 17.2 Å². The van der Waals surface area contributed by atoms with Crippen LogP contribution in [0.4, 0.5) is 13.2 Å². The number of alkyl halides is 3. The molecular formula is C41H35F3N2O6. The maximum atomic E-state index is 14.6. The Kier molecular flexibility index (Phi) is 9.35. The van der Waals surface area contributed by atoms with Crippen molar-refractivity contribution in [2.75, 3.05) is 13.7 Å². The lowest BCUT2D eigenvalue weighted by atomic mass is 9.72. The van der Waals surface area contributed by atoms with Crippen LogP contribution >= 0.6 is 0 Å². The van der Waals surface area contributed by atoms with Gasteiger partial charge in [0.1, 0.15) is 25.4 Å². The lowest BCUT2D eigenvalue weighted by Crippen LogP contribution is -2.47. The third-order valence-electron chi connectivity index (χ3n) is 9.71. The van der Waals surface area contributed by atoms with Gasteiger partial charge in [-0.05, 0) is 41.3 Å². The molecule has 1 saturated heterocycles. The van der Waals surface area contributed by atoms with Gasteiger partial charge in [0.2, 0.25) is 11.7 Å². The van der Waals surface area contributed by atoms with Crippen LogP contribution in [0.2, 0.25) is 0 Å².